The Morgan fingerprint density at radius 3 is 2.68 bits per heavy atom. The van der Waals surface area contributed by atoms with Crippen molar-refractivity contribution in [2.24, 2.45) is 0 Å². The maximum atomic E-state index is 11.7. The minimum absolute atomic E-state index is 0.0784. The third-order valence-electron chi connectivity index (χ3n) is 2.83. The number of carbonyl (C=O) groups is 3. The number of rotatable bonds is 3. The van der Waals surface area contributed by atoms with Crippen LogP contribution in [-0.4, -0.2) is 34.1 Å². The molecule has 1 atom stereocenters. The number of carboxylic acid groups (broad SMARTS) is 2. The van der Waals surface area contributed by atoms with E-state index in [4.69, 9.17) is 10.2 Å². The quantitative estimate of drug-likeness (QED) is 0.622. The van der Waals surface area contributed by atoms with Crippen LogP contribution >= 0.6 is 0 Å². The van der Waals surface area contributed by atoms with Crippen molar-refractivity contribution in [3.63, 3.8) is 0 Å². The van der Waals surface area contributed by atoms with Gasteiger partial charge in [-0.3, -0.25) is 9.59 Å². The van der Waals surface area contributed by atoms with Gasteiger partial charge in [0.1, 0.15) is 6.04 Å². The van der Waals surface area contributed by atoms with Crippen molar-refractivity contribution in [2.45, 2.75) is 19.0 Å². The van der Waals surface area contributed by atoms with Crippen LogP contribution in [0.4, 0.5) is 5.69 Å². The molecule has 1 heterocycles. The summed E-state index contributed by atoms with van der Waals surface area (Å²) in [6.07, 6.45) is -0.372. The molecule has 7 nitrogen and oxygen atoms in total. The van der Waals surface area contributed by atoms with Crippen molar-refractivity contribution in [1.29, 1.82) is 0 Å². The zero-order chi connectivity index (χ0) is 14.0. The number of nitrogens with one attached hydrogen (secondary N) is 2. The van der Waals surface area contributed by atoms with Gasteiger partial charge >= 0.3 is 11.9 Å². The van der Waals surface area contributed by atoms with Crippen LogP contribution in [0.2, 0.25) is 0 Å². The van der Waals surface area contributed by atoms with Crippen molar-refractivity contribution in [3.8, 4) is 0 Å². The number of aliphatic carboxylic acids is 1. The number of hydrogen-bond donors (Lipinski definition) is 4. The van der Waals surface area contributed by atoms with E-state index in [2.05, 4.69) is 10.6 Å². The second-order valence-electron chi connectivity index (χ2n) is 4.19. The molecule has 4 N–H and O–H groups in total. The number of carbonyl (C=O) groups excluding carboxylic acids is 1. The van der Waals surface area contributed by atoms with E-state index in [9.17, 15) is 14.4 Å². The fourth-order valence-electron chi connectivity index (χ4n) is 1.88. The molecule has 0 spiro atoms. The van der Waals surface area contributed by atoms with E-state index in [1.54, 1.807) is 6.07 Å². The lowest BCUT2D eigenvalue weighted by molar-refractivity contribution is -0.139. The van der Waals surface area contributed by atoms with Crippen molar-refractivity contribution in [1.82, 2.24) is 5.32 Å². The Morgan fingerprint density at radius 1 is 1.32 bits per heavy atom. The maximum absolute atomic E-state index is 11.7. The summed E-state index contributed by atoms with van der Waals surface area (Å²) in [5, 5.41) is 23.0. The van der Waals surface area contributed by atoms with Gasteiger partial charge in [-0.05, 0) is 17.7 Å². The fourth-order valence-corrected chi connectivity index (χ4v) is 1.88. The molecule has 0 aromatic heterocycles. The number of anilines is 1. The lowest BCUT2D eigenvalue weighted by Crippen LogP contribution is -2.38. The average molecular weight is 264 g/mol. The normalized spacial score (nSPS) is 17.7. The molecular formula is C12H12N2O5. The monoisotopic (exact) mass is 264 g/mol. The molecule has 1 unspecified atom stereocenters. The summed E-state index contributed by atoms with van der Waals surface area (Å²) in [6.45, 7) is 0.233. The van der Waals surface area contributed by atoms with Gasteiger partial charge in [0.15, 0.2) is 0 Å². The topological polar surface area (TPSA) is 116 Å². The minimum Gasteiger partial charge on any atom is -0.481 e. The highest BCUT2D eigenvalue weighted by Crippen LogP contribution is 2.22. The Morgan fingerprint density at radius 2 is 2.05 bits per heavy atom. The molecule has 19 heavy (non-hydrogen) atoms. The van der Waals surface area contributed by atoms with Crippen molar-refractivity contribution in [2.75, 3.05) is 5.32 Å². The smallest absolute Gasteiger partial charge is 0.335 e. The molecule has 1 aromatic carbocycles. The third-order valence-corrected chi connectivity index (χ3v) is 2.83. The maximum Gasteiger partial charge on any atom is 0.335 e. The number of carboxylic acids is 2. The fraction of sp³-hybridized carbons (Fsp3) is 0.250. The second-order valence-corrected chi connectivity index (χ2v) is 4.19. The van der Waals surface area contributed by atoms with Crippen molar-refractivity contribution >= 4 is 23.5 Å². The summed E-state index contributed by atoms with van der Waals surface area (Å²) in [5.41, 5.74) is 1.26. The first-order valence-corrected chi connectivity index (χ1v) is 5.59. The van der Waals surface area contributed by atoms with E-state index in [1.807, 2.05) is 0 Å². The number of benzene rings is 1. The largest absolute Gasteiger partial charge is 0.481 e. The van der Waals surface area contributed by atoms with Crippen LogP contribution in [0.5, 0.6) is 0 Å². The molecule has 0 saturated heterocycles. The highest BCUT2D eigenvalue weighted by Gasteiger charge is 2.25. The Balaban J connectivity index is 2.32. The standard InChI is InChI=1S/C12H12N2O5/c15-10(16)4-9-11(17)13-5-7-2-1-6(12(18)19)3-8(7)14-9/h1-3,9,14H,4-5H2,(H,13,17)(H,15,16)(H,18,19). The first-order chi connectivity index (χ1) is 8.97. The molecule has 1 aliphatic rings. The summed E-state index contributed by atoms with van der Waals surface area (Å²) in [7, 11) is 0. The van der Waals surface area contributed by atoms with Crippen LogP contribution in [0, 0.1) is 0 Å². The number of fused-ring (bicyclic) bond motifs is 1. The second kappa shape index (κ2) is 4.97. The summed E-state index contributed by atoms with van der Waals surface area (Å²) in [6, 6.07) is 3.51. The first kappa shape index (κ1) is 12.9. The minimum atomic E-state index is -1.11. The Kier molecular flexibility index (Phi) is 3.37. The van der Waals surface area contributed by atoms with Crippen molar-refractivity contribution in [3.05, 3.63) is 29.3 Å². The number of hydrogen-bond acceptors (Lipinski definition) is 4. The van der Waals surface area contributed by atoms with Gasteiger partial charge in [0.25, 0.3) is 0 Å². The zero-order valence-electron chi connectivity index (χ0n) is 9.84. The molecule has 7 heteroatoms. The molecule has 0 saturated carbocycles. The van der Waals surface area contributed by atoms with Crippen molar-refractivity contribution < 1.29 is 24.6 Å². The molecule has 0 aliphatic carbocycles. The predicted molar refractivity (Wildman–Crippen MR) is 64.9 cm³/mol. The molecular weight excluding hydrogens is 252 g/mol. The number of amides is 1. The van der Waals surface area contributed by atoms with Crippen LogP contribution in [-0.2, 0) is 16.1 Å². The van der Waals surface area contributed by atoms with Gasteiger partial charge in [-0.1, -0.05) is 6.07 Å². The average Bonchev–Trinajstić information content (AvgIpc) is 2.48. The molecule has 0 bridgehead atoms. The number of aromatic carboxylic acids is 1. The summed E-state index contributed by atoms with van der Waals surface area (Å²) in [4.78, 5) is 33.3. The van der Waals surface area contributed by atoms with Crippen LogP contribution in [0.15, 0.2) is 18.2 Å². The van der Waals surface area contributed by atoms with Gasteiger partial charge < -0.3 is 20.8 Å². The van der Waals surface area contributed by atoms with E-state index >= 15 is 0 Å². The first-order valence-electron chi connectivity index (χ1n) is 5.59. The molecule has 0 radical (unpaired) electrons. The predicted octanol–water partition coefficient (Wildman–Crippen LogP) is 0.270. The third kappa shape index (κ3) is 2.82. The molecule has 0 fully saturated rings. The van der Waals surface area contributed by atoms with E-state index in [-0.39, 0.29) is 18.5 Å². The van der Waals surface area contributed by atoms with Crippen LogP contribution < -0.4 is 10.6 Å². The Hall–Kier alpha value is -2.57. The van der Waals surface area contributed by atoms with E-state index in [0.29, 0.717) is 11.3 Å². The van der Waals surface area contributed by atoms with Gasteiger partial charge in [0.05, 0.1) is 12.0 Å². The van der Waals surface area contributed by atoms with Gasteiger partial charge in [-0.15, -0.1) is 0 Å². The van der Waals surface area contributed by atoms with Crippen LogP contribution in [0.1, 0.15) is 22.3 Å². The van der Waals surface area contributed by atoms with E-state index < -0.39 is 23.9 Å². The molecule has 2 rings (SSSR count). The SMILES string of the molecule is O=C(O)CC1Nc2cc(C(=O)O)ccc2CNC1=O. The van der Waals surface area contributed by atoms with Crippen LogP contribution in [0.3, 0.4) is 0 Å². The van der Waals surface area contributed by atoms with E-state index in [0.717, 1.165) is 0 Å². The molecule has 1 amide bonds. The van der Waals surface area contributed by atoms with Gasteiger partial charge in [-0.25, -0.2) is 4.79 Å². The van der Waals surface area contributed by atoms with Crippen LogP contribution in [0.25, 0.3) is 0 Å². The molecule has 100 valence electrons. The lowest BCUT2D eigenvalue weighted by Gasteiger charge is -2.14. The highest BCUT2D eigenvalue weighted by atomic mass is 16.4. The Labute approximate surface area is 108 Å². The van der Waals surface area contributed by atoms with Gasteiger partial charge in [0.2, 0.25) is 5.91 Å². The molecule has 1 aromatic rings. The summed E-state index contributed by atoms with van der Waals surface area (Å²) >= 11 is 0. The Bertz CT molecular complexity index is 555. The van der Waals surface area contributed by atoms with E-state index in [1.165, 1.54) is 12.1 Å². The molecule has 1 aliphatic heterocycles. The van der Waals surface area contributed by atoms with Gasteiger partial charge in [-0.2, -0.15) is 0 Å². The zero-order valence-corrected chi connectivity index (χ0v) is 9.84. The summed E-state index contributed by atoms with van der Waals surface area (Å²) in [5.74, 6) is -2.61. The van der Waals surface area contributed by atoms with Gasteiger partial charge in [0, 0.05) is 12.2 Å². The highest BCUT2D eigenvalue weighted by molar-refractivity contribution is 5.92. The summed E-state index contributed by atoms with van der Waals surface area (Å²) < 4.78 is 0. The lowest BCUT2D eigenvalue weighted by atomic mass is 10.1.